The predicted octanol–water partition coefficient (Wildman–Crippen LogP) is 5.81. The molecule has 3 aromatic rings. The maximum atomic E-state index is 13.2. The van der Waals surface area contributed by atoms with Gasteiger partial charge in [0, 0.05) is 5.56 Å². The van der Waals surface area contributed by atoms with Gasteiger partial charge >= 0.3 is 11.9 Å². The van der Waals surface area contributed by atoms with Crippen LogP contribution in [0.3, 0.4) is 0 Å². The average molecular weight is 449 g/mol. The second kappa shape index (κ2) is 9.14. The number of carbonyl (C=O) groups is 2. The molecule has 1 saturated heterocycles. The molecule has 5 heteroatoms. The lowest BCUT2D eigenvalue weighted by Crippen LogP contribution is -2.39. The van der Waals surface area contributed by atoms with Gasteiger partial charge in [0.25, 0.3) is 0 Å². The van der Waals surface area contributed by atoms with Crippen LogP contribution >= 0.6 is 0 Å². The first kappa shape index (κ1) is 23.2. The predicted molar refractivity (Wildman–Crippen MR) is 129 cm³/mol. The number of epoxide rings is 1. The van der Waals surface area contributed by atoms with E-state index in [0.29, 0.717) is 19.4 Å². The van der Waals surface area contributed by atoms with E-state index in [-0.39, 0.29) is 31.3 Å². The number of rotatable bonds is 9. The maximum Gasteiger partial charge on any atom is 0.311 e. The molecule has 33 heavy (non-hydrogen) atoms. The fraction of sp³-hybridized carbons (Fsp3) is 0.429. The fourth-order valence-corrected chi connectivity index (χ4v) is 4.49. The van der Waals surface area contributed by atoms with Gasteiger partial charge in [-0.25, -0.2) is 0 Å². The van der Waals surface area contributed by atoms with Crippen molar-refractivity contribution in [2.75, 3.05) is 13.2 Å². The number of hydrogen-bond acceptors (Lipinski definition) is 5. The molecular weight excluding hydrogens is 416 g/mol. The molecule has 1 aliphatic rings. The van der Waals surface area contributed by atoms with Crippen LogP contribution in [0, 0.1) is 10.8 Å². The summed E-state index contributed by atoms with van der Waals surface area (Å²) >= 11 is 0. The van der Waals surface area contributed by atoms with Crippen molar-refractivity contribution in [2.45, 2.75) is 53.2 Å². The van der Waals surface area contributed by atoms with Crippen LogP contribution in [-0.4, -0.2) is 31.3 Å². The van der Waals surface area contributed by atoms with E-state index in [1.165, 1.54) is 0 Å². The monoisotopic (exact) mass is 448 g/mol. The molecule has 1 aliphatic heterocycles. The smallest absolute Gasteiger partial charge is 0.311 e. The van der Waals surface area contributed by atoms with Crippen LogP contribution in [0.2, 0.25) is 0 Å². The van der Waals surface area contributed by atoms with Gasteiger partial charge in [-0.15, -0.1) is 0 Å². The van der Waals surface area contributed by atoms with Gasteiger partial charge in [-0.05, 0) is 61.2 Å². The summed E-state index contributed by atoms with van der Waals surface area (Å²) in [4.78, 5) is 26.0. The second-order valence-electron chi connectivity index (χ2n) is 9.90. The van der Waals surface area contributed by atoms with Crippen LogP contribution in [0.1, 0.15) is 46.1 Å². The molecule has 1 fully saturated rings. The third kappa shape index (κ3) is 5.03. The Morgan fingerprint density at radius 3 is 2.06 bits per heavy atom. The van der Waals surface area contributed by atoms with E-state index in [2.05, 4.69) is 30.3 Å². The van der Waals surface area contributed by atoms with E-state index in [1.54, 1.807) is 0 Å². The van der Waals surface area contributed by atoms with Gasteiger partial charge in [0.1, 0.15) is 19.3 Å². The van der Waals surface area contributed by atoms with Crippen LogP contribution in [0.4, 0.5) is 0 Å². The SMILES string of the molecule is CCC(C)(CC(C)(C)C(=O)OCc1c2ccccc2cc2ccccc12)C(=O)OCC1CO1. The summed E-state index contributed by atoms with van der Waals surface area (Å²) in [5, 5.41) is 4.38. The Labute approximate surface area is 195 Å². The molecule has 0 spiro atoms. The summed E-state index contributed by atoms with van der Waals surface area (Å²) in [6.07, 6.45) is 0.932. The van der Waals surface area contributed by atoms with Gasteiger partial charge in [0.15, 0.2) is 0 Å². The zero-order valence-corrected chi connectivity index (χ0v) is 19.9. The third-order valence-electron chi connectivity index (χ3n) is 6.69. The molecule has 2 atom stereocenters. The van der Waals surface area contributed by atoms with Crippen molar-refractivity contribution in [3.63, 3.8) is 0 Å². The molecule has 0 amide bonds. The third-order valence-corrected chi connectivity index (χ3v) is 6.69. The fourth-order valence-electron chi connectivity index (χ4n) is 4.49. The van der Waals surface area contributed by atoms with Crippen molar-refractivity contribution >= 4 is 33.5 Å². The Kier molecular flexibility index (Phi) is 6.44. The first-order valence-corrected chi connectivity index (χ1v) is 11.6. The minimum Gasteiger partial charge on any atom is -0.462 e. The minimum absolute atomic E-state index is 0.0172. The van der Waals surface area contributed by atoms with Gasteiger partial charge in [-0.3, -0.25) is 9.59 Å². The van der Waals surface area contributed by atoms with Gasteiger partial charge in [-0.2, -0.15) is 0 Å². The molecule has 4 rings (SSSR count). The largest absolute Gasteiger partial charge is 0.462 e. The van der Waals surface area contributed by atoms with Gasteiger partial charge in [0.2, 0.25) is 0 Å². The van der Waals surface area contributed by atoms with E-state index in [0.717, 1.165) is 27.1 Å². The lowest BCUT2D eigenvalue weighted by atomic mass is 9.72. The van der Waals surface area contributed by atoms with Crippen LogP contribution in [-0.2, 0) is 30.4 Å². The van der Waals surface area contributed by atoms with Crippen LogP contribution in [0.5, 0.6) is 0 Å². The summed E-state index contributed by atoms with van der Waals surface area (Å²) in [5.41, 5.74) is -0.626. The van der Waals surface area contributed by atoms with Crippen molar-refractivity contribution in [3.8, 4) is 0 Å². The number of esters is 2. The molecule has 0 bridgehead atoms. The molecule has 0 aliphatic carbocycles. The Hall–Kier alpha value is -2.92. The first-order chi connectivity index (χ1) is 15.7. The molecule has 0 radical (unpaired) electrons. The van der Waals surface area contributed by atoms with Crippen molar-refractivity contribution in [2.24, 2.45) is 10.8 Å². The minimum atomic E-state index is -0.847. The van der Waals surface area contributed by atoms with E-state index >= 15 is 0 Å². The van der Waals surface area contributed by atoms with Crippen molar-refractivity contribution in [3.05, 3.63) is 60.2 Å². The van der Waals surface area contributed by atoms with E-state index in [4.69, 9.17) is 14.2 Å². The van der Waals surface area contributed by atoms with Crippen LogP contribution in [0.25, 0.3) is 21.5 Å². The topological polar surface area (TPSA) is 65.1 Å². The highest BCUT2D eigenvalue weighted by Gasteiger charge is 2.43. The Balaban J connectivity index is 1.51. The summed E-state index contributed by atoms with van der Waals surface area (Å²) in [7, 11) is 0. The molecule has 0 N–H and O–H groups in total. The Bertz CT molecular complexity index is 1120. The van der Waals surface area contributed by atoms with Gasteiger partial charge < -0.3 is 14.2 Å². The lowest BCUT2D eigenvalue weighted by Gasteiger charge is -2.33. The molecule has 1 heterocycles. The van der Waals surface area contributed by atoms with E-state index in [1.807, 2.05) is 52.0 Å². The molecule has 0 aromatic heterocycles. The molecule has 3 aromatic carbocycles. The van der Waals surface area contributed by atoms with Crippen LogP contribution in [0.15, 0.2) is 54.6 Å². The number of fused-ring (bicyclic) bond motifs is 2. The summed E-state index contributed by atoms with van der Waals surface area (Å²) < 4.78 is 16.5. The molecular formula is C28H32O5. The Morgan fingerprint density at radius 1 is 0.939 bits per heavy atom. The first-order valence-electron chi connectivity index (χ1n) is 11.6. The second-order valence-corrected chi connectivity index (χ2v) is 9.90. The van der Waals surface area contributed by atoms with Crippen molar-refractivity contribution in [1.29, 1.82) is 0 Å². The van der Waals surface area contributed by atoms with E-state index < -0.39 is 10.8 Å². The molecule has 174 valence electrons. The Morgan fingerprint density at radius 2 is 1.52 bits per heavy atom. The zero-order chi connectivity index (χ0) is 23.6. The maximum absolute atomic E-state index is 13.2. The molecule has 0 saturated carbocycles. The number of benzene rings is 3. The highest BCUT2D eigenvalue weighted by atomic mass is 16.6. The molecule has 5 nitrogen and oxygen atoms in total. The summed E-state index contributed by atoms with van der Waals surface area (Å²) in [6.45, 7) is 8.55. The zero-order valence-electron chi connectivity index (χ0n) is 19.9. The van der Waals surface area contributed by atoms with Crippen molar-refractivity contribution < 1.29 is 23.8 Å². The summed E-state index contributed by atoms with van der Waals surface area (Å²) in [5.74, 6) is -0.612. The molecule has 2 unspecified atom stereocenters. The number of hydrogen-bond donors (Lipinski definition) is 0. The van der Waals surface area contributed by atoms with Crippen molar-refractivity contribution in [1.82, 2.24) is 0 Å². The highest BCUT2D eigenvalue weighted by molar-refractivity contribution is 6.02. The highest BCUT2D eigenvalue weighted by Crippen LogP contribution is 2.39. The van der Waals surface area contributed by atoms with Gasteiger partial charge in [-0.1, -0.05) is 55.5 Å². The standard InChI is InChI=1S/C28H32O5/c1-5-28(4,26(30)32-16-21-15-31-21)18-27(2,3)25(29)33-17-24-22-12-8-6-10-19(22)14-20-11-7-9-13-23(20)24/h6-14,21H,5,15-18H2,1-4H3. The number of ether oxygens (including phenoxy) is 3. The lowest BCUT2D eigenvalue weighted by molar-refractivity contribution is -0.164. The summed E-state index contributed by atoms with van der Waals surface area (Å²) in [6, 6.07) is 18.4. The number of carbonyl (C=O) groups excluding carboxylic acids is 2. The average Bonchev–Trinajstić information content (AvgIpc) is 3.64. The normalized spacial score (nSPS) is 17.5. The quantitative estimate of drug-likeness (QED) is 0.235. The van der Waals surface area contributed by atoms with Gasteiger partial charge in [0.05, 0.1) is 17.4 Å². The van der Waals surface area contributed by atoms with E-state index in [9.17, 15) is 9.59 Å². The van der Waals surface area contributed by atoms with Crippen LogP contribution < -0.4 is 0 Å².